The Bertz CT molecular complexity index is 1820. The number of rotatable bonds is 7. The molecule has 4 aromatic rings. The second-order valence-corrected chi connectivity index (χ2v) is 13.7. The van der Waals surface area contributed by atoms with Gasteiger partial charge in [-0.2, -0.15) is 4.98 Å². The Hall–Kier alpha value is -4.58. The van der Waals surface area contributed by atoms with Crippen LogP contribution in [-0.2, 0) is 16.6 Å². The Balaban J connectivity index is 1.47. The number of aromatic nitrogens is 4. The normalized spacial score (nSPS) is 18.4. The van der Waals surface area contributed by atoms with Crippen molar-refractivity contribution >= 4 is 21.9 Å². The maximum atomic E-state index is 14.3. The number of nitrogens with one attached hydrogen (secondary N) is 1. The quantitative estimate of drug-likeness (QED) is 0.287. The zero-order chi connectivity index (χ0) is 31.8. The fourth-order valence-electron chi connectivity index (χ4n) is 5.64. The summed E-state index contributed by atoms with van der Waals surface area (Å²) in [5.74, 6) is 0.686. The van der Waals surface area contributed by atoms with Crippen molar-refractivity contribution in [2.24, 2.45) is 5.41 Å². The van der Waals surface area contributed by atoms with Crippen LogP contribution < -0.4 is 14.2 Å². The first-order valence-corrected chi connectivity index (χ1v) is 16.5. The number of amides is 1. The molecule has 0 saturated heterocycles. The number of carbonyl (C=O) groups is 1. The highest BCUT2D eigenvalue weighted by Crippen LogP contribution is 2.49. The molecule has 1 atom stereocenters. The van der Waals surface area contributed by atoms with Gasteiger partial charge >= 0.3 is 0 Å². The summed E-state index contributed by atoms with van der Waals surface area (Å²) in [7, 11) is -4.16. The number of carbonyl (C=O) groups excluding carboxylic acids is 1. The number of benzene rings is 2. The summed E-state index contributed by atoms with van der Waals surface area (Å²) in [6, 6.07) is 13.2. The summed E-state index contributed by atoms with van der Waals surface area (Å²) >= 11 is 0. The van der Waals surface area contributed by atoms with Gasteiger partial charge in [-0.25, -0.2) is 28.1 Å². The number of sulfonamides is 1. The Morgan fingerprint density at radius 2 is 1.76 bits per heavy atom. The zero-order valence-electron chi connectivity index (χ0n) is 25.8. The first-order chi connectivity index (χ1) is 21.5. The van der Waals surface area contributed by atoms with Gasteiger partial charge in [0.15, 0.2) is 5.75 Å². The van der Waals surface area contributed by atoms with Crippen LogP contribution in [0.1, 0.15) is 60.4 Å². The van der Waals surface area contributed by atoms with Gasteiger partial charge in [-0.05, 0) is 74.8 Å². The summed E-state index contributed by atoms with van der Waals surface area (Å²) in [5.41, 5.74) is 3.61. The molecule has 2 aromatic carbocycles. The molecular weight excluding hydrogens is 592 g/mol. The maximum absolute atomic E-state index is 14.3. The lowest BCUT2D eigenvalue weighted by Crippen LogP contribution is -2.44. The number of hydrogen-bond acceptors (Lipinski definition) is 9. The molecule has 1 fully saturated rings. The number of nitrogens with zero attached hydrogens (tertiary/aromatic N) is 5. The third-order valence-electron chi connectivity index (χ3n) is 8.32. The van der Waals surface area contributed by atoms with Crippen molar-refractivity contribution in [1.82, 2.24) is 24.8 Å². The molecule has 1 saturated carbocycles. The van der Waals surface area contributed by atoms with Crippen LogP contribution in [0.3, 0.4) is 0 Å². The third-order valence-corrected chi connectivity index (χ3v) is 9.64. The number of anilines is 1. The van der Waals surface area contributed by atoms with Crippen LogP contribution in [0.15, 0.2) is 65.8 Å². The molecule has 0 radical (unpaired) electrons. The lowest BCUT2D eigenvalue weighted by atomic mass is 9.97. The fourth-order valence-corrected chi connectivity index (χ4v) is 6.63. The van der Waals surface area contributed by atoms with Gasteiger partial charge in [0, 0.05) is 17.2 Å². The number of hydrogen-bond donors (Lipinski definition) is 1. The molecule has 12 heteroatoms. The topological polar surface area (TPSA) is 136 Å². The third kappa shape index (κ3) is 6.75. The Kier molecular flexibility index (Phi) is 8.17. The van der Waals surface area contributed by atoms with Crippen LogP contribution in [0.2, 0.25) is 0 Å². The minimum atomic E-state index is -4.16. The van der Waals surface area contributed by atoms with Crippen LogP contribution in [0.25, 0.3) is 11.3 Å². The maximum Gasteiger partial charge on any atom is 0.264 e. The molecule has 3 heterocycles. The summed E-state index contributed by atoms with van der Waals surface area (Å²) in [4.78, 5) is 33.8. The van der Waals surface area contributed by atoms with Crippen molar-refractivity contribution in [3.63, 3.8) is 0 Å². The summed E-state index contributed by atoms with van der Waals surface area (Å²) in [6.07, 6.45) is 5.92. The first-order valence-electron chi connectivity index (χ1n) is 15.0. The Labute approximate surface area is 263 Å². The van der Waals surface area contributed by atoms with Crippen molar-refractivity contribution in [3.8, 4) is 22.9 Å². The van der Waals surface area contributed by atoms with Crippen molar-refractivity contribution in [2.75, 3.05) is 17.9 Å². The SMILES string of the molecule is CCOc1cnc(CN2C(=O)c3cccc(c3)S(=O)(=O)Nc3nc(cc(-c4c(C)cccc4C)n3)OC[C@H]2CC2(C)CC2)nc1. The van der Waals surface area contributed by atoms with E-state index in [2.05, 4.69) is 31.6 Å². The largest absolute Gasteiger partial charge is 0.491 e. The molecule has 2 aromatic heterocycles. The van der Waals surface area contributed by atoms with E-state index in [0.29, 0.717) is 30.3 Å². The Morgan fingerprint density at radius 3 is 2.44 bits per heavy atom. The summed E-state index contributed by atoms with van der Waals surface area (Å²) in [5, 5.41) is 0. The van der Waals surface area contributed by atoms with E-state index in [1.807, 2.05) is 39.0 Å². The van der Waals surface area contributed by atoms with Crippen LogP contribution in [0.4, 0.5) is 5.95 Å². The molecule has 1 N–H and O–H groups in total. The molecular formula is C33H36N6O5S. The van der Waals surface area contributed by atoms with Crippen LogP contribution in [0.5, 0.6) is 11.6 Å². The number of aryl methyl sites for hydroxylation is 2. The minimum Gasteiger partial charge on any atom is -0.491 e. The molecule has 6 rings (SSSR count). The summed E-state index contributed by atoms with van der Waals surface area (Å²) in [6.45, 7) is 8.71. The van der Waals surface area contributed by atoms with E-state index in [0.717, 1.165) is 29.5 Å². The molecule has 4 bridgehead atoms. The molecule has 0 unspecified atom stereocenters. The van der Waals surface area contributed by atoms with Crippen molar-refractivity contribution in [3.05, 3.63) is 83.4 Å². The second-order valence-electron chi connectivity index (χ2n) is 12.0. The highest BCUT2D eigenvalue weighted by Gasteiger charge is 2.42. The number of fused-ring (bicyclic) bond motifs is 4. The van der Waals surface area contributed by atoms with Crippen LogP contribution in [-0.4, -0.2) is 58.4 Å². The smallest absolute Gasteiger partial charge is 0.264 e. The lowest BCUT2D eigenvalue weighted by Gasteiger charge is -2.33. The van der Waals surface area contributed by atoms with E-state index in [1.54, 1.807) is 35.5 Å². The summed E-state index contributed by atoms with van der Waals surface area (Å²) < 4.78 is 41.5. The van der Waals surface area contributed by atoms with Gasteiger partial charge in [0.25, 0.3) is 15.9 Å². The molecule has 0 spiro atoms. The van der Waals surface area contributed by atoms with Gasteiger partial charge in [0.1, 0.15) is 12.4 Å². The highest BCUT2D eigenvalue weighted by atomic mass is 32.2. The van der Waals surface area contributed by atoms with Gasteiger partial charge in [0.2, 0.25) is 11.8 Å². The molecule has 1 amide bonds. The van der Waals surface area contributed by atoms with E-state index in [4.69, 9.17) is 9.47 Å². The van der Waals surface area contributed by atoms with Gasteiger partial charge in [-0.3, -0.25) is 4.79 Å². The standard InChI is InChI=1S/C33H36N6O5S/c1-5-43-25-17-34-28(35-18-25)19-39-24(16-33(4)12-13-33)20-44-29-15-27(30-21(2)8-6-9-22(30)3)36-32(37-29)38-45(41,42)26-11-7-10-23(14-26)31(39)40/h6-11,14-15,17-18,24H,5,12-13,16,19-20H2,1-4H3,(H,36,37,38)/t24-/m1/s1. The predicted molar refractivity (Wildman–Crippen MR) is 169 cm³/mol. The van der Waals surface area contributed by atoms with Crippen molar-refractivity contribution < 1.29 is 22.7 Å². The second kappa shape index (κ2) is 12.1. The van der Waals surface area contributed by atoms with Gasteiger partial charge < -0.3 is 14.4 Å². The monoisotopic (exact) mass is 628 g/mol. The van der Waals surface area contributed by atoms with Crippen LogP contribution >= 0.6 is 0 Å². The van der Waals surface area contributed by atoms with E-state index < -0.39 is 16.1 Å². The molecule has 11 nitrogen and oxygen atoms in total. The first kappa shape index (κ1) is 30.4. The minimum absolute atomic E-state index is 0.0488. The van der Waals surface area contributed by atoms with E-state index in [-0.39, 0.29) is 46.8 Å². The van der Waals surface area contributed by atoms with E-state index >= 15 is 0 Å². The zero-order valence-corrected chi connectivity index (χ0v) is 26.6. The molecule has 2 aliphatic rings. The Morgan fingerprint density at radius 1 is 1.04 bits per heavy atom. The average Bonchev–Trinajstić information content (AvgIpc) is 3.74. The lowest BCUT2D eigenvalue weighted by molar-refractivity contribution is 0.0533. The van der Waals surface area contributed by atoms with Crippen molar-refractivity contribution in [1.29, 1.82) is 0 Å². The average molecular weight is 629 g/mol. The number of ether oxygens (including phenoxy) is 2. The van der Waals surface area contributed by atoms with Gasteiger partial charge in [0.05, 0.1) is 42.2 Å². The van der Waals surface area contributed by atoms with Crippen molar-refractivity contribution in [2.45, 2.75) is 64.4 Å². The molecule has 234 valence electrons. The predicted octanol–water partition coefficient (Wildman–Crippen LogP) is 5.34. The molecule has 1 aliphatic heterocycles. The fraction of sp³-hybridized carbons (Fsp3) is 0.364. The van der Waals surface area contributed by atoms with Gasteiger partial charge in [-0.15, -0.1) is 0 Å². The van der Waals surface area contributed by atoms with E-state index in [1.165, 1.54) is 12.1 Å². The van der Waals surface area contributed by atoms with Gasteiger partial charge in [-0.1, -0.05) is 31.2 Å². The molecule has 45 heavy (non-hydrogen) atoms. The highest BCUT2D eigenvalue weighted by molar-refractivity contribution is 7.92. The van der Waals surface area contributed by atoms with Crippen LogP contribution in [0, 0.1) is 19.3 Å². The van der Waals surface area contributed by atoms with E-state index in [9.17, 15) is 13.2 Å². The molecule has 1 aliphatic carbocycles.